The predicted molar refractivity (Wildman–Crippen MR) is 62.9 cm³/mol. The molecule has 0 saturated heterocycles. The summed E-state index contributed by atoms with van der Waals surface area (Å²) in [5.74, 6) is 0.727. The number of nitrogens with zero attached hydrogens (tertiary/aromatic N) is 1. The molecular formula is C10H8Cl2N2O2. The highest BCUT2D eigenvalue weighted by atomic mass is 35.5. The van der Waals surface area contributed by atoms with Crippen LogP contribution in [-0.2, 0) is 0 Å². The lowest BCUT2D eigenvalue weighted by Gasteiger charge is -2.06. The van der Waals surface area contributed by atoms with Gasteiger partial charge in [-0.15, -0.1) is 0 Å². The van der Waals surface area contributed by atoms with Gasteiger partial charge in [-0.3, -0.25) is 0 Å². The Labute approximate surface area is 102 Å². The number of rotatable bonds is 2. The summed E-state index contributed by atoms with van der Waals surface area (Å²) < 4.78 is 9.80. The van der Waals surface area contributed by atoms with E-state index in [1.807, 2.05) is 0 Å². The van der Waals surface area contributed by atoms with Gasteiger partial charge in [-0.2, -0.15) is 0 Å². The number of methoxy groups -OCH3 is 1. The molecule has 2 rings (SSSR count). The highest BCUT2D eigenvalue weighted by Gasteiger charge is 2.12. The fraction of sp³-hybridized carbons (Fsp3) is 0.100. The van der Waals surface area contributed by atoms with Crippen LogP contribution in [0.15, 0.2) is 22.7 Å². The van der Waals surface area contributed by atoms with Crippen molar-refractivity contribution in [2.45, 2.75) is 0 Å². The summed E-state index contributed by atoms with van der Waals surface area (Å²) >= 11 is 12.0. The SMILES string of the molecule is COc1cc(Cl)c(-c2cc(N)on2)cc1Cl. The second-order valence-corrected chi connectivity index (χ2v) is 3.90. The Bertz CT molecular complexity index is 526. The van der Waals surface area contributed by atoms with Gasteiger partial charge in [-0.05, 0) is 6.07 Å². The van der Waals surface area contributed by atoms with E-state index in [0.29, 0.717) is 27.1 Å². The molecule has 0 atom stereocenters. The number of nitrogens with two attached hydrogens (primary N) is 1. The van der Waals surface area contributed by atoms with E-state index in [1.165, 1.54) is 7.11 Å². The van der Waals surface area contributed by atoms with Gasteiger partial charge in [0.15, 0.2) is 0 Å². The molecule has 0 aliphatic heterocycles. The zero-order chi connectivity index (χ0) is 11.7. The van der Waals surface area contributed by atoms with Crippen LogP contribution >= 0.6 is 23.2 Å². The van der Waals surface area contributed by atoms with E-state index in [9.17, 15) is 0 Å². The minimum absolute atomic E-state index is 0.220. The molecule has 4 nitrogen and oxygen atoms in total. The van der Waals surface area contributed by atoms with Crippen LogP contribution in [0.2, 0.25) is 10.0 Å². The van der Waals surface area contributed by atoms with Gasteiger partial charge < -0.3 is 15.0 Å². The second kappa shape index (κ2) is 4.23. The van der Waals surface area contributed by atoms with Crippen molar-refractivity contribution in [1.29, 1.82) is 0 Å². The maximum absolute atomic E-state index is 6.06. The zero-order valence-electron chi connectivity index (χ0n) is 8.33. The highest BCUT2D eigenvalue weighted by molar-refractivity contribution is 6.36. The van der Waals surface area contributed by atoms with Crippen molar-refractivity contribution in [2.75, 3.05) is 12.8 Å². The lowest BCUT2D eigenvalue weighted by Crippen LogP contribution is -1.87. The molecule has 0 amide bonds. The van der Waals surface area contributed by atoms with Gasteiger partial charge in [0, 0.05) is 17.7 Å². The van der Waals surface area contributed by atoms with Crippen LogP contribution < -0.4 is 10.5 Å². The van der Waals surface area contributed by atoms with Crippen LogP contribution in [0.5, 0.6) is 5.75 Å². The van der Waals surface area contributed by atoms with Crippen molar-refractivity contribution in [3.05, 3.63) is 28.2 Å². The number of hydrogen-bond donors (Lipinski definition) is 1. The van der Waals surface area contributed by atoms with Gasteiger partial charge in [-0.1, -0.05) is 28.4 Å². The van der Waals surface area contributed by atoms with Crippen LogP contribution in [0.1, 0.15) is 0 Å². The molecule has 0 saturated carbocycles. The van der Waals surface area contributed by atoms with Crippen molar-refractivity contribution in [2.24, 2.45) is 0 Å². The lowest BCUT2D eigenvalue weighted by molar-refractivity contribution is 0.415. The number of nitrogen functional groups attached to an aromatic ring is 1. The average Bonchev–Trinajstić information content (AvgIpc) is 2.67. The Hall–Kier alpha value is -1.39. The van der Waals surface area contributed by atoms with E-state index < -0.39 is 0 Å². The third-order valence-electron chi connectivity index (χ3n) is 2.05. The van der Waals surface area contributed by atoms with E-state index in [0.717, 1.165) is 0 Å². The first-order chi connectivity index (χ1) is 7.61. The van der Waals surface area contributed by atoms with Gasteiger partial charge in [-0.25, -0.2) is 0 Å². The topological polar surface area (TPSA) is 61.3 Å². The molecule has 1 aromatic carbocycles. The number of aromatic nitrogens is 1. The smallest absolute Gasteiger partial charge is 0.222 e. The molecular weight excluding hydrogens is 251 g/mol. The predicted octanol–water partition coefficient (Wildman–Crippen LogP) is 3.24. The monoisotopic (exact) mass is 258 g/mol. The molecule has 0 aliphatic rings. The van der Waals surface area contributed by atoms with Crippen LogP contribution in [-0.4, -0.2) is 12.3 Å². The summed E-state index contributed by atoms with van der Waals surface area (Å²) in [6.07, 6.45) is 0. The van der Waals surface area contributed by atoms with Gasteiger partial charge in [0.05, 0.1) is 17.2 Å². The summed E-state index contributed by atoms with van der Waals surface area (Å²) in [6, 6.07) is 4.84. The summed E-state index contributed by atoms with van der Waals surface area (Å²) in [6.45, 7) is 0. The normalized spacial score (nSPS) is 10.4. The highest BCUT2D eigenvalue weighted by Crippen LogP contribution is 2.36. The number of halogens is 2. The Morgan fingerprint density at radius 2 is 2.00 bits per heavy atom. The molecule has 6 heteroatoms. The maximum atomic E-state index is 6.06. The number of ether oxygens (including phenoxy) is 1. The van der Waals surface area contributed by atoms with Crippen LogP contribution in [0, 0.1) is 0 Å². The largest absolute Gasteiger partial charge is 0.495 e. The van der Waals surface area contributed by atoms with E-state index in [2.05, 4.69) is 5.16 Å². The minimum atomic E-state index is 0.220. The van der Waals surface area contributed by atoms with E-state index in [-0.39, 0.29) is 5.88 Å². The molecule has 0 aliphatic carbocycles. The van der Waals surface area contributed by atoms with Crippen molar-refractivity contribution >= 4 is 29.1 Å². The average molecular weight is 259 g/mol. The van der Waals surface area contributed by atoms with Crippen molar-refractivity contribution in [3.8, 4) is 17.0 Å². The van der Waals surface area contributed by atoms with Crippen LogP contribution in [0.3, 0.4) is 0 Å². The summed E-state index contributed by atoms with van der Waals surface area (Å²) in [4.78, 5) is 0. The second-order valence-electron chi connectivity index (χ2n) is 3.08. The summed E-state index contributed by atoms with van der Waals surface area (Å²) in [5.41, 5.74) is 6.61. The lowest BCUT2D eigenvalue weighted by atomic mass is 10.1. The Morgan fingerprint density at radius 3 is 2.56 bits per heavy atom. The molecule has 2 N–H and O–H groups in total. The van der Waals surface area contributed by atoms with Gasteiger partial charge in [0.2, 0.25) is 5.88 Å². The Morgan fingerprint density at radius 1 is 1.25 bits per heavy atom. The molecule has 0 unspecified atom stereocenters. The first-order valence-electron chi connectivity index (χ1n) is 4.37. The quantitative estimate of drug-likeness (QED) is 0.899. The molecule has 0 fully saturated rings. The Kier molecular flexibility index (Phi) is 2.94. The third kappa shape index (κ3) is 1.94. The van der Waals surface area contributed by atoms with Gasteiger partial charge in [0.1, 0.15) is 11.4 Å². The molecule has 0 bridgehead atoms. The van der Waals surface area contributed by atoms with Crippen molar-refractivity contribution < 1.29 is 9.26 Å². The van der Waals surface area contributed by atoms with Gasteiger partial charge >= 0.3 is 0 Å². The van der Waals surface area contributed by atoms with Crippen molar-refractivity contribution in [1.82, 2.24) is 5.16 Å². The van der Waals surface area contributed by atoms with Crippen molar-refractivity contribution in [3.63, 3.8) is 0 Å². The van der Waals surface area contributed by atoms with Crippen LogP contribution in [0.25, 0.3) is 11.3 Å². The molecule has 84 valence electrons. The summed E-state index contributed by atoms with van der Waals surface area (Å²) in [7, 11) is 1.52. The number of anilines is 1. The van der Waals surface area contributed by atoms with E-state index in [4.69, 9.17) is 38.2 Å². The minimum Gasteiger partial charge on any atom is -0.495 e. The fourth-order valence-electron chi connectivity index (χ4n) is 1.30. The first-order valence-corrected chi connectivity index (χ1v) is 5.13. The molecule has 16 heavy (non-hydrogen) atoms. The molecule has 0 radical (unpaired) electrons. The molecule has 1 heterocycles. The van der Waals surface area contributed by atoms with E-state index >= 15 is 0 Å². The molecule has 1 aromatic heterocycles. The number of benzene rings is 1. The Balaban J connectivity index is 2.54. The molecule has 2 aromatic rings. The zero-order valence-corrected chi connectivity index (χ0v) is 9.84. The van der Waals surface area contributed by atoms with E-state index in [1.54, 1.807) is 18.2 Å². The maximum Gasteiger partial charge on any atom is 0.222 e. The third-order valence-corrected chi connectivity index (χ3v) is 2.65. The standard InChI is InChI=1S/C10H8Cl2N2O2/c1-15-9-3-6(11)5(2-7(9)12)8-4-10(13)16-14-8/h2-4H,13H2,1H3. The fourth-order valence-corrected chi connectivity index (χ4v) is 1.79. The van der Waals surface area contributed by atoms with Gasteiger partial charge in [0.25, 0.3) is 0 Å². The number of hydrogen-bond acceptors (Lipinski definition) is 4. The van der Waals surface area contributed by atoms with Crippen LogP contribution in [0.4, 0.5) is 5.88 Å². The molecule has 0 spiro atoms. The first kappa shape index (κ1) is 11.1. The summed E-state index contributed by atoms with van der Waals surface area (Å²) in [5, 5.41) is 4.67.